The minimum absolute atomic E-state index is 0.172. The van der Waals surface area contributed by atoms with Crippen LogP contribution in [0.15, 0.2) is 24.3 Å². The predicted octanol–water partition coefficient (Wildman–Crippen LogP) is 4.02. The summed E-state index contributed by atoms with van der Waals surface area (Å²) in [4.78, 5) is 21.1. The summed E-state index contributed by atoms with van der Waals surface area (Å²) in [5.74, 6) is -0.172. The van der Waals surface area contributed by atoms with Crippen LogP contribution < -0.4 is 5.32 Å². The smallest absolute Gasteiger partial charge is 0.273 e. The Morgan fingerprint density at radius 1 is 1.33 bits per heavy atom. The zero-order valence-electron chi connectivity index (χ0n) is 11.1. The zero-order chi connectivity index (χ0) is 14.4. The quantitative estimate of drug-likeness (QED) is 0.750. The Labute approximate surface area is 130 Å². The molecule has 0 aliphatic heterocycles. The molecule has 4 nitrogen and oxygen atoms in total. The van der Waals surface area contributed by atoms with Crippen molar-refractivity contribution in [2.45, 2.75) is 19.3 Å². The van der Waals surface area contributed by atoms with Crippen LogP contribution in [0.3, 0.4) is 0 Å². The van der Waals surface area contributed by atoms with Gasteiger partial charge in [-0.3, -0.25) is 10.1 Å². The molecular weight excluding hydrogens is 306 g/mol. The molecular formula is C15H12ClN3OS. The maximum absolute atomic E-state index is 12.3. The first-order valence-electron chi connectivity index (χ1n) is 6.77. The van der Waals surface area contributed by atoms with E-state index in [9.17, 15) is 4.79 Å². The fourth-order valence-electron chi connectivity index (χ4n) is 2.63. The standard InChI is InChI=1S/C15H12ClN3OS/c16-9-5-4-8-6-12(17-11(8)7-9)14(20)19-15-18-10-2-1-3-13(10)21-15/h4-7,17H,1-3H2,(H,18,19,20). The number of amides is 1. The average Bonchev–Trinajstić information content (AvgIpc) is 3.10. The summed E-state index contributed by atoms with van der Waals surface area (Å²) in [6, 6.07) is 7.33. The summed E-state index contributed by atoms with van der Waals surface area (Å²) < 4.78 is 0. The molecule has 0 bridgehead atoms. The number of carbonyl (C=O) groups is 1. The van der Waals surface area contributed by atoms with E-state index in [1.165, 1.54) is 11.3 Å². The van der Waals surface area contributed by atoms with Crippen molar-refractivity contribution in [3.63, 3.8) is 0 Å². The van der Waals surface area contributed by atoms with E-state index in [2.05, 4.69) is 15.3 Å². The molecule has 1 amide bonds. The molecule has 3 aromatic rings. The van der Waals surface area contributed by atoms with E-state index in [4.69, 9.17) is 11.6 Å². The van der Waals surface area contributed by atoms with E-state index < -0.39 is 0 Å². The summed E-state index contributed by atoms with van der Waals surface area (Å²) in [5, 5.41) is 5.16. The van der Waals surface area contributed by atoms with Gasteiger partial charge in [0.1, 0.15) is 5.69 Å². The molecule has 0 spiro atoms. The molecule has 2 heterocycles. The Morgan fingerprint density at radius 3 is 3.10 bits per heavy atom. The number of aromatic nitrogens is 2. The normalized spacial score (nSPS) is 13.6. The second-order valence-corrected chi connectivity index (χ2v) is 6.63. The van der Waals surface area contributed by atoms with Gasteiger partial charge in [0.05, 0.1) is 5.69 Å². The third-order valence-corrected chi connectivity index (χ3v) is 4.95. The number of fused-ring (bicyclic) bond motifs is 2. The SMILES string of the molecule is O=C(Nc1nc2c(s1)CCC2)c1cc2ccc(Cl)cc2[nH]1. The van der Waals surface area contributed by atoms with Crippen LogP contribution in [0.2, 0.25) is 5.02 Å². The van der Waals surface area contributed by atoms with Crippen molar-refractivity contribution in [2.75, 3.05) is 5.32 Å². The summed E-state index contributed by atoms with van der Waals surface area (Å²) in [6.07, 6.45) is 3.27. The molecule has 1 aliphatic rings. The Balaban J connectivity index is 1.60. The van der Waals surface area contributed by atoms with Crippen molar-refractivity contribution in [2.24, 2.45) is 0 Å². The number of nitrogens with one attached hydrogen (secondary N) is 2. The van der Waals surface area contributed by atoms with Gasteiger partial charge in [-0.2, -0.15) is 0 Å². The number of aromatic amines is 1. The number of aryl methyl sites for hydroxylation is 2. The van der Waals surface area contributed by atoms with Crippen molar-refractivity contribution in [3.05, 3.63) is 45.6 Å². The molecule has 6 heteroatoms. The third-order valence-electron chi connectivity index (χ3n) is 3.65. The van der Waals surface area contributed by atoms with Gasteiger partial charge in [-0.05, 0) is 37.5 Å². The monoisotopic (exact) mass is 317 g/mol. The van der Waals surface area contributed by atoms with Gasteiger partial charge in [-0.1, -0.05) is 17.7 Å². The molecule has 1 aliphatic carbocycles. The number of hydrogen-bond donors (Lipinski definition) is 2. The lowest BCUT2D eigenvalue weighted by atomic mass is 10.2. The number of carbonyl (C=O) groups excluding carboxylic acids is 1. The average molecular weight is 318 g/mol. The van der Waals surface area contributed by atoms with Crippen molar-refractivity contribution >= 4 is 44.9 Å². The maximum atomic E-state index is 12.3. The first kappa shape index (κ1) is 12.9. The summed E-state index contributed by atoms with van der Waals surface area (Å²) in [5.41, 5.74) is 2.51. The van der Waals surface area contributed by atoms with Gasteiger partial charge in [0.25, 0.3) is 5.91 Å². The minimum atomic E-state index is -0.172. The molecule has 0 atom stereocenters. The number of H-pyrrole nitrogens is 1. The Hall–Kier alpha value is -1.85. The van der Waals surface area contributed by atoms with E-state index in [-0.39, 0.29) is 5.91 Å². The van der Waals surface area contributed by atoms with E-state index in [1.54, 1.807) is 11.3 Å². The van der Waals surface area contributed by atoms with Crippen LogP contribution in [-0.2, 0) is 12.8 Å². The molecule has 106 valence electrons. The van der Waals surface area contributed by atoms with Crippen LogP contribution in [0.4, 0.5) is 5.13 Å². The third kappa shape index (κ3) is 2.32. The van der Waals surface area contributed by atoms with Gasteiger partial charge in [-0.25, -0.2) is 4.98 Å². The number of benzene rings is 1. The topological polar surface area (TPSA) is 57.8 Å². The molecule has 1 aromatic carbocycles. The molecule has 0 unspecified atom stereocenters. The molecule has 2 aromatic heterocycles. The molecule has 0 saturated heterocycles. The van der Waals surface area contributed by atoms with Gasteiger partial charge in [0.15, 0.2) is 5.13 Å². The van der Waals surface area contributed by atoms with E-state index in [0.29, 0.717) is 15.8 Å². The van der Waals surface area contributed by atoms with Crippen LogP contribution in [0, 0.1) is 0 Å². The fourth-order valence-corrected chi connectivity index (χ4v) is 3.85. The number of nitrogens with zero attached hydrogens (tertiary/aromatic N) is 1. The molecule has 0 saturated carbocycles. The number of anilines is 1. The van der Waals surface area contributed by atoms with E-state index in [1.807, 2.05) is 24.3 Å². The minimum Gasteiger partial charge on any atom is -0.350 e. The van der Waals surface area contributed by atoms with Gasteiger partial charge < -0.3 is 4.98 Å². The highest BCUT2D eigenvalue weighted by molar-refractivity contribution is 7.16. The Morgan fingerprint density at radius 2 is 2.24 bits per heavy atom. The van der Waals surface area contributed by atoms with Crippen molar-refractivity contribution in [1.29, 1.82) is 0 Å². The first-order valence-corrected chi connectivity index (χ1v) is 7.97. The second-order valence-electron chi connectivity index (χ2n) is 5.11. The number of rotatable bonds is 2. The summed E-state index contributed by atoms with van der Waals surface area (Å²) >= 11 is 7.53. The number of hydrogen-bond acceptors (Lipinski definition) is 3. The van der Waals surface area contributed by atoms with E-state index in [0.717, 1.165) is 29.4 Å². The van der Waals surface area contributed by atoms with Gasteiger partial charge >= 0.3 is 0 Å². The van der Waals surface area contributed by atoms with Crippen LogP contribution in [-0.4, -0.2) is 15.9 Å². The maximum Gasteiger partial charge on any atom is 0.273 e. The lowest BCUT2D eigenvalue weighted by Crippen LogP contribution is -2.12. The highest BCUT2D eigenvalue weighted by atomic mass is 35.5. The Kier molecular flexibility index (Phi) is 2.97. The molecule has 0 radical (unpaired) electrons. The second kappa shape index (κ2) is 4.86. The summed E-state index contributed by atoms with van der Waals surface area (Å²) in [6.45, 7) is 0. The fraction of sp³-hybridized carbons (Fsp3) is 0.200. The van der Waals surface area contributed by atoms with Crippen molar-refractivity contribution in [1.82, 2.24) is 9.97 Å². The van der Waals surface area contributed by atoms with Gasteiger partial charge in [0.2, 0.25) is 0 Å². The molecule has 21 heavy (non-hydrogen) atoms. The van der Waals surface area contributed by atoms with Crippen molar-refractivity contribution < 1.29 is 4.79 Å². The zero-order valence-corrected chi connectivity index (χ0v) is 12.6. The predicted molar refractivity (Wildman–Crippen MR) is 85.4 cm³/mol. The van der Waals surface area contributed by atoms with Crippen molar-refractivity contribution in [3.8, 4) is 0 Å². The molecule has 2 N–H and O–H groups in total. The van der Waals surface area contributed by atoms with Crippen LogP contribution in [0.25, 0.3) is 10.9 Å². The van der Waals surface area contributed by atoms with Crippen LogP contribution in [0.1, 0.15) is 27.5 Å². The number of thiazole rings is 1. The van der Waals surface area contributed by atoms with Crippen LogP contribution in [0.5, 0.6) is 0 Å². The Bertz CT molecular complexity index is 830. The van der Waals surface area contributed by atoms with E-state index >= 15 is 0 Å². The van der Waals surface area contributed by atoms with Crippen LogP contribution >= 0.6 is 22.9 Å². The highest BCUT2D eigenvalue weighted by Crippen LogP contribution is 2.30. The lowest BCUT2D eigenvalue weighted by Gasteiger charge is -1.98. The lowest BCUT2D eigenvalue weighted by molar-refractivity contribution is 0.102. The highest BCUT2D eigenvalue weighted by Gasteiger charge is 2.18. The van der Waals surface area contributed by atoms with Gasteiger partial charge in [0, 0.05) is 20.8 Å². The summed E-state index contributed by atoms with van der Waals surface area (Å²) in [7, 11) is 0. The largest absolute Gasteiger partial charge is 0.350 e. The molecule has 4 rings (SSSR count). The first-order chi connectivity index (χ1) is 10.2. The number of halogens is 1. The van der Waals surface area contributed by atoms with Gasteiger partial charge in [-0.15, -0.1) is 11.3 Å². The molecule has 0 fully saturated rings.